The van der Waals surface area contributed by atoms with Crippen molar-refractivity contribution in [3.05, 3.63) is 10.1 Å². The minimum absolute atomic E-state index is 0.00606. The molecule has 2 nitrogen and oxygen atoms in total. The first-order chi connectivity index (χ1) is 4.63. The number of aliphatic imine (C=N–C) groups is 1. The van der Waals surface area contributed by atoms with E-state index in [9.17, 15) is 4.79 Å². The molecule has 1 aliphatic rings. The van der Waals surface area contributed by atoms with Crippen molar-refractivity contribution in [2.24, 2.45) is 4.99 Å². The SMILES string of the molecule is O=C1CN=C(Cl)C(Cl)=C1Cl. The molecule has 54 valence electrons. The van der Waals surface area contributed by atoms with Gasteiger partial charge in [-0.2, -0.15) is 0 Å². The highest BCUT2D eigenvalue weighted by atomic mass is 35.5. The maximum atomic E-state index is 10.7. The van der Waals surface area contributed by atoms with E-state index in [-0.39, 0.29) is 27.6 Å². The van der Waals surface area contributed by atoms with Crippen molar-refractivity contribution in [1.82, 2.24) is 0 Å². The second kappa shape index (κ2) is 2.91. The normalized spacial score (nSPS) is 19.5. The molecule has 0 atom stereocenters. The van der Waals surface area contributed by atoms with Crippen molar-refractivity contribution < 1.29 is 4.79 Å². The Balaban J connectivity index is 3.06. The van der Waals surface area contributed by atoms with Crippen LogP contribution in [0.2, 0.25) is 0 Å². The van der Waals surface area contributed by atoms with Crippen LogP contribution in [0.15, 0.2) is 15.1 Å². The standard InChI is InChI=1S/C5H2Cl3NO/c6-3-2(10)1-9-5(8)4(3)7/h1H2. The molecule has 0 aliphatic carbocycles. The molecule has 0 spiro atoms. The van der Waals surface area contributed by atoms with Gasteiger partial charge in [-0.25, -0.2) is 0 Å². The van der Waals surface area contributed by atoms with E-state index >= 15 is 0 Å². The van der Waals surface area contributed by atoms with Gasteiger partial charge in [-0.1, -0.05) is 34.8 Å². The van der Waals surface area contributed by atoms with Gasteiger partial charge in [0.1, 0.15) is 16.7 Å². The molecule has 0 aromatic carbocycles. The average molecular weight is 198 g/mol. The molecule has 5 heteroatoms. The second-order valence-electron chi connectivity index (χ2n) is 1.66. The van der Waals surface area contributed by atoms with Crippen LogP contribution in [-0.4, -0.2) is 17.5 Å². The highest BCUT2D eigenvalue weighted by molar-refractivity contribution is 6.78. The summed E-state index contributed by atoms with van der Waals surface area (Å²) in [6.07, 6.45) is 0. The molecule has 0 bridgehead atoms. The summed E-state index contributed by atoms with van der Waals surface area (Å²) in [5.74, 6) is -0.295. The molecule has 1 aliphatic heterocycles. The molecule has 0 N–H and O–H groups in total. The topological polar surface area (TPSA) is 29.4 Å². The van der Waals surface area contributed by atoms with Crippen LogP contribution in [0.4, 0.5) is 0 Å². The van der Waals surface area contributed by atoms with Crippen molar-refractivity contribution in [3.63, 3.8) is 0 Å². The Hall–Kier alpha value is -0.0500. The molecule has 0 aromatic rings. The Morgan fingerprint density at radius 1 is 1.20 bits per heavy atom. The maximum absolute atomic E-state index is 10.7. The zero-order chi connectivity index (χ0) is 7.72. The minimum Gasteiger partial charge on any atom is -0.291 e. The summed E-state index contributed by atoms with van der Waals surface area (Å²) in [6, 6.07) is 0. The molecule has 1 rings (SSSR count). The molecule has 0 amide bonds. The van der Waals surface area contributed by atoms with Crippen LogP contribution in [0.3, 0.4) is 0 Å². The highest BCUT2D eigenvalue weighted by Crippen LogP contribution is 2.22. The van der Waals surface area contributed by atoms with E-state index in [1.54, 1.807) is 0 Å². The molecular weight excluding hydrogens is 196 g/mol. The van der Waals surface area contributed by atoms with Crippen LogP contribution in [0.25, 0.3) is 0 Å². The van der Waals surface area contributed by atoms with Crippen molar-refractivity contribution in [1.29, 1.82) is 0 Å². The number of carbonyl (C=O) groups is 1. The van der Waals surface area contributed by atoms with Crippen molar-refractivity contribution in [2.45, 2.75) is 0 Å². The van der Waals surface area contributed by atoms with Gasteiger partial charge in [-0.15, -0.1) is 0 Å². The second-order valence-corrected chi connectivity index (χ2v) is 2.77. The fourth-order valence-electron chi connectivity index (χ4n) is 0.493. The van der Waals surface area contributed by atoms with Gasteiger partial charge in [0.05, 0.1) is 5.03 Å². The summed E-state index contributed by atoms with van der Waals surface area (Å²) in [5.41, 5.74) is 0. The molecule has 0 saturated heterocycles. The summed E-state index contributed by atoms with van der Waals surface area (Å²) in [5, 5.41) is 0.118. The van der Waals surface area contributed by atoms with Crippen molar-refractivity contribution in [3.8, 4) is 0 Å². The molecule has 0 aromatic heterocycles. The quantitative estimate of drug-likeness (QED) is 0.584. The van der Waals surface area contributed by atoms with Crippen molar-refractivity contribution >= 4 is 45.8 Å². The summed E-state index contributed by atoms with van der Waals surface area (Å²) >= 11 is 16.4. The largest absolute Gasteiger partial charge is 0.291 e. The number of ketones is 1. The van der Waals surface area contributed by atoms with Gasteiger partial charge in [0.25, 0.3) is 0 Å². The molecule has 10 heavy (non-hydrogen) atoms. The Labute approximate surface area is 72.5 Å². The van der Waals surface area contributed by atoms with Gasteiger partial charge in [0.2, 0.25) is 0 Å². The Morgan fingerprint density at radius 3 is 2.30 bits per heavy atom. The summed E-state index contributed by atoms with van der Waals surface area (Å²) < 4.78 is 0. The third-order valence-electron chi connectivity index (χ3n) is 0.980. The maximum Gasteiger partial charge on any atom is 0.197 e. The van der Waals surface area contributed by atoms with Crippen LogP contribution < -0.4 is 0 Å². The molecule has 0 unspecified atom stereocenters. The van der Waals surface area contributed by atoms with E-state index in [0.717, 1.165) is 0 Å². The fraction of sp³-hybridized carbons (Fsp3) is 0.200. The number of dihydropyridines is 1. The predicted molar refractivity (Wildman–Crippen MR) is 41.9 cm³/mol. The van der Waals surface area contributed by atoms with Crippen LogP contribution in [0, 0.1) is 0 Å². The lowest BCUT2D eigenvalue weighted by Crippen LogP contribution is -2.12. The zero-order valence-electron chi connectivity index (χ0n) is 4.70. The summed E-state index contributed by atoms with van der Waals surface area (Å²) in [7, 11) is 0. The first-order valence-corrected chi connectivity index (χ1v) is 3.55. The van der Waals surface area contributed by atoms with E-state index in [1.807, 2.05) is 0 Å². The Bertz CT molecular complexity index is 239. The number of rotatable bonds is 0. The Kier molecular flexibility index (Phi) is 2.34. The molecule has 0 fully saturated rings. The molecule has 0 radical (unpaired) electrons. The molecule has 0 saturated carbocycles. The van der Waals surface area contributed by atoms with E-state index in [0.29, 0.717) is 0 Å². The van der Waals surface area contributed by atoms with Crippen LogP contribution in [0.5, 0.6) is 0 Å². The number of nitrogens with zero attached hydrogens (tertiary/aromatic N) is 1. The lowest BCUT2D eigenvalue weighted by atomic mass is 10.3. The van der Waals surface area contributed by atoms with Crippen LogP contribution >= 0.6 is 34.8 Å². The van der Waals surface area contributed by atoms with Gasteiger partial charge in [0.15, 0.2) is 5.78 Å². The van der Waals surface area contributed by atoms with Crippen molar-refractivity contribution in [2.75, 3.05) is 6.54 Å². The smallest absolute Gasteiger partial charge is 0.197 e. The number of hydrogen-bond acceptors (Lipinski definition) is 2. The van der Waals surface area contributed by atoms with Gasteiger partial charge in [-0.3, -0.25) is 9.79 Å². The van der Waals surface area contributed by atoms with E-state index < -0.39 is 0 Å². The monoisotopic (exact) mass is 197 g/mol. The fourth-order valence-corrected chi connectivity index (χ4v) is 1.01. The van der Waals surface area contributed by atoms with Crippen LogP contribution in [0.1, 0.15) is 0 Å². The van der Waals surface area contributed by atoms with E-state index in [4.69, 9.17) is 34.8 Å². The number of Topliss-reactive ketones (excluding diaryl/α,β-unsaturated/α-hetero) is 1. The third-order valence-corrected chi connectivity index (χ3v) is 2.25. The van der Waals surface area contributed by atoms with Gasteiger partial charge in [0, 0.05) is 0 Å². The summed E-state index contributed by atoms with van der Waals surface area (Å²) in [6.45, 7) is -0.00606. The average Bonchev–Trinajstić information content (AvgIpc) is 1.93. The third kappa shape index (κ3) is 1.34. The number of hydrogen-bond donors (Lipinski definition) is 0. The van der Waals surface area contributed by atoms with Gasteiger partial charge >= 0.3 is 0 Å². The highest BCUT2D eigenvalue weighted by Gasteiger charge is 2.19. The molecule has 1 heterocycles. The van der Waals surface area contributed by atoms with Gasteiger partial charge < -0.3 is 0 Å². The zero-order valence-corrected chi connectivity index (χ0v) is 6.96. The minimum atomic E-state index is -0.295. The molecular formula is C5H2Cl3NO. The van der Waals surface area contributed by atoms with E-state index in [1.165, 1.54) is 0 Å². The first-order valence-electron chi connectivity index (χ1n) is 2.41. The van der Waals surface area contributed by atoms with Gasteiger partial charge in [-0.05, 0) is 0 Å². The summed E-state index contributed by atoms with van der Waals surface area (Å²) in [4.78, 5) is 14.3. The predicted octanol–water partition coefficient (Wildman–Crippen LogP) is 1.90. The van der Waals surface area contributed by atoms with E-state index in [2.05, 4.69) is 4.99 Å². The lowest BCUT2D eigenvalue weighted by molar-refractivity contribution is -0.113. The van der Waals surface area contributed by atoms with Crippen LogP contribution in [-0.2, 0) is 4.79 Å². The number of carbonyl (C=O) groups excluding carboxylic acids is 1. The lowest BCUT2D eigenvalue weighted by Gasteiger charge is -2.05. The number of allylic oxidation sites excluding steroid dienone is 1. The first kappa shape index (κ1) is 8.05. The number of halogens is 3. The Morgan fingerprint density at radius 2 is 1.80 bits per heavy atom.